The average molecular weight is 333 g/mol. The molecule has 10 heteroatoms. The molecule has 2 N–H and O–H groups in total. The largest absolute Gasteiger partial charge is 0.342 e. The molecule has 9 nitrogen and oxygen atoms in total. The van der Waals surface area contributed by atoms with Crippen LogP contribution in [0.2, 0.25) is 0 Å². The van der Waals surface area contributed by atoms with Gasteiger partial charge in [-0.25, -0.2) is 5.43 Å². The van der Waals surface area contributed by atoms with Gasteiger partial charge in [-0.2, -0.15) is 5.10 Å². The first-order valence-electron chi connectivity index (χ1n) is 6.31. The van der Waals surface area contributed by atoms with Crippen molar-refractivity contribution in [3.8, 4) is 0 Å². The molecule has 0 saturated carbocycles. The predicted octanol–water partition coefficient (Wildman–Crippen LogP) is 0.931. The van der Waals surface area contributed by atoms with Crippen molar-refractivity contribution >= 4 is 34.4 Å². The van der Waals surface area contributed by atoms with E-state index in [1.54, 1.807) is 12.1 Å². The number of rotatable bonds is 6. The molecular weight excluding hydrogens is 322 g/mol. The molecule has 0 bridgehead atoms. The van der Waals surface area contributed by atoms with E-state index in [-0.39, 0.29) is 17.2 Å². The first-order valence-corrected chi connectivity index (χ1v) is 7.13. The number of amides is 2. The van der Waals surface area contributed by atoms with Gasteiger partial charge in [-0.1, -0.05) is 17.4 Å². The summed E-state index contributed by atoms with van der Waals surface area (Å²) in [7, 11) is 0. The Kier molecular flexibility index (Phi) is 5.47. The summed E-state index contributed by atoms with van der Waals surface area (Å²) in [6.45, 7) is -0.267. The summed E-state index contributed by atoms with van der Waals surface area (Å²) in [5, 5.41) is 16.6. The van der Waals surface area contributed by atoms with Crippen molar-refractivity contribution < 1.29 is 14.5 Å². The van der Waals surface area contributed by atoms with Gasteiger partial charge in [0.05, 0.1) is 22.6 Å². The van der Waals surface area contributed by atoms with Gasteiger partial charge in [0.15, 0.2) is 0 Å². The molecule has 2 aromatic rings. The van der Waals surface area contributed by atoms with E-state index in [9.17, 15) is 19.7 Å². The van der Waals surface area contributed by atoms with Crippen molar-refractivity contribution in [2.75, 3.05) is 6.54 Å². The maximum absolute atomic E-state index is 11.7. The van der Waals surface area contributed by atoms with E-state index in [0.29, 0.717) is 4.88 Å². The van der Waals surface area contributed by atoms with Gasteiger partial charge in [0.25, 0.3) is 11.8 Å². The Balaban J connectivity index is 1.77. The Bertz CT molecular complexity index is 744. The summed E-state index contributed by atoms with van der Waals surface area (Å²) >= 11 is 0.930. The van der Waals surface area contributed by atoms with Crippen LogP contribution >= 0.6 is 11.3 Å². The van der Waals surface area contributed by atoms with Crippen LogP contribution in [0.4, 0.5) is 5.00 Å². The standard InChI is InChI=1S/C13H11N5O4S/c19-11(8-15-13(20)10-3-1-2-6-14-10)17-16-7-9-4-5-12(23-9)18(21)22/h1-7H,8H2,(H,15,20)(H,17,19)/b16-7-. The van der Waals surface area contributed by atoms with Gasteiger partial charge >= 0.3 is 5.00 Å². The van der Waals surface area contributed by atoms with E-state index in [4.69, 9.17) is 0 Å². The van der Waals surface area contributed by atoms with Crippen LogP contribution in [0.3, 0.4) is 0 Å². The molecule has 0 radical (unpaired) electrons. The molecule has 0 aromatic carbocycles. The predicted molar refractivity (Wildman–Crippen MR) is 83.3 cm³/mol. The van der Waals surface area contributed by atoms with Gasteiger partial charge in [-0.3, -0.25) is 24.7 Å². The molecular formula is C13H11N5O4S. The zero-order chi connectivity index (χ0) is 16.7. The fourth-order valence-corrected chi connectivity index (χ4v) is 2.16. The van der Waals surface area contributed by atoms with Gasteiger partial charge in [0.2, 0.25) is 0 Å². The summed E-state index contributed by atoms with van der Waals surface area (Å²) in [6, 6.07) is 7.72. The Morgan fingerprint density at radius 1 is 1.35 bits per heavy atom. The Morgan fingerprint density at radius 3 is 2.83 bits per heavy atom. The smallest absolute Gasteiger partial charge is 0.324 e. The molecule has 2 heterocycles. The van der Waals surface area contributed by atoms with Gasteiger partial charge in [-0.05, 0) is 18.2 Å². The van der Waals surface area contributed by atoms with Crippen LogP contribution in [0.25, 0.3) is 0 Å². The van der Waals surface area contributed by atoms with Crippen molar-refractivity contribution in [3.63, 3.8) is 0 Å². The molecule has 0 saturated heterocycles. The monoisotopic (exact) mass is 333 g/mol. The molecule has 2 aromatic heterocycles. The van der Waals surface area contributed by atoms with E-state index in [0.717, 1.165) is 11.3 Å². The summed E-state index contributed by atoms with van der Waals surface area (Å²) in [5.41, 5.74) is 2.41. The van der Waals surface area contributed by atoms with Crippen LogP contribution in [0, 0.1) is 10.1 Å². The highest BCUT2D eigenvalue weighted by atomic mass is 32.1. The maximum atomic E-state index is 11.7. The fourth-order valence-electron chi connectivity index (χ4n) is 1.47. The van der Waals surface area contributed by atoms with Crippen LogP contribution in [0.15, 0.2) is 41.6 Å². The van der Waals surface area contributed by atoms with Gasteiger partial charge in [-0.15, -0.1) is 0 Å². The molecule has 0 atom stereocenters. The second-order valence-corrected chi connectivity index (χ2v) is 5.22. The Labute approximate surface area is 134 Å². The van der Waals surface area contributed by atoms with Crippen LogP contribution < -0.4 is 10.7 Å². The van der Waals surface area contributed by atoms with Gasteiger partial charge < -0.3 is 5.32 Å². The normalized spacial score (nSPS) is 10.4. The lowest BCUT2D eigenvalue weighted by Gasteiger charge is -2.02. The number of hydrogen-bond acceptors (Lipinski definition) is 7. The number of carbonyl (C=O) groups is 2. The van der Waals surface area contributed by atoms with Crippen molar-refractivity contribution in [1.82, 2.24) is 15.7 Å². The number of nitrogens with one attached hydrogen (secondary N) is 2. The van der Waals surface area contributed by atoms with Crippen LogP contribution in [0.5, 0.6) is 0 Å². The molecule has 0 aliphatic rings. The Morgan fingerprint density at radius 2 is 2.17 bits per heavy atom. The third-order valence-corrected chi connectivity index (χ3v) is 3.45. The fraction of sp³-hybridized carbons (Fsp3) is 0.0769. The number of thiophene rings is 1. The first-order chi connectivity index (χ1) is 11.1. The Hall–Kier alpha value is -3.14. The number of nitro groups is 1. The van der Waals surface area contributed by atoms with Crippen molar-refractivity contribution in [1.29, 1.82) is 0 Å². The molecule has 0 aliphatic heterocycles. The molecule has 23 heavy (non-hydrogen) atoms. The van der Waals surface area contributed by atoms with E-state index in [1.807, 2.05) is 0 Å². The zero-order valence-corrected chi connectivity index (χ0v) is 12.4. The average Bonchev–Trinajstić information content (AvgIpc) is 3.02. The first kappa shape index (κ1) is 16.2. The molecule has 0 unspecified atom stereocenters. The van der Waals surface area contributed by atoms with Crippen molar-refractivity contribution in [2.24, 2.45) is 5.10 Å². The summed E-state index contributed by atoms with van der Waals surface area (Å²) in [6.07, 6.45) is 2.76. The number of hydrogen-bond donors (Lipinski definition) is 2. The highest BCUT2D eigenvalue weighted by Gasteiger charge is 2.09. The minimum absolute atomic E-state index is 0.0135. The van der Waals surface area contributed by atoms with E-state index in [1.165, 1.54) is 30.6 Å². The molecule has 2 rings (SSSR count). The lowest BCUT2D eigenvalue weighted by molar-refractivity contribution is -0.380. The second kappa shape index (κ2) is 7.75. The number of aromatic nitrogens is 1. The summed E-state index contributed by atoms with van der Waals surface area (Å²) in [4.78, 5) is 37.6. The van der Waals surface area contributed by atoms with Crippen molar-refractivity contribution in [3.05, 3.63) is 57.2 Å². The number of carbonyl (C=O) groups excluding carboxylic acids is 2. The van der Waals surface area contributed by atoms with Crippen LogP contribution in [-0.2, 0) is 4.79 Å². The van der Waals surface area contributed by atoms with E-state index >= 15 is 0 Å². The quantitative estimate of drug-likeness (QED) is 0.462. The van der Waals surface area contributed by atoms with E-state index < -0.39 is 16.7 Å². The summed E-state index contributed by atoms with van der Waals surface area (Å²) in [5.74, 6) is -1.00. The third kappa shape index (κ3) is 4.97. The summed E-state index contributed by atoms with van der Waals surface area (Å²) < 4.78 is 0. The molecule has 0 fully saturated rings. The van der Waals surface area contributed by atoms with Gasteiger partial charge in [0, 0.05) is 12.3 Å². The van der Waals surface area contributed by atoms with Gasteiger partial charge in [0.1, 0.15) is 5.69 Å². The molecule has 0 spiro atoms. The van der Waals surface area contributed by atoms with Crippen LogP contribution in [-0.4, -0.2) is 34.5 Å². The lowest BCUT2D eigenvalue weighted by Crippen LogP contribution is -2.35. The molecule has 118 valence electrons. The highest BCUT2D eigenvalue weighted by Crippen LogP contribution is 2.22. The highest BCUT2D eigenvalue weighted by molar-refractivity contribution is 7.16. The number of nitrogens with zero attached hydrogens (tertiary/aromatic N) is 3. The minimum Gasteiger partial charge on any atom is -0.342 e. The third-order valence-electron chi connectivity index (χ3n) is 2.48. The van der Waals surface area contributed by atoms with E-state index in [2.05, 4.69) is 20.8 Å². The molecule has 0 aliphatic carbocycles. The second-order valence-electron chi connectivity index (χ2n) is 4.12. The van der Waals surface area contributed by atoms with Crippen LogP contribution in [0.1, 0.15) is 15.4 Å². The topological polar surface area (TPSA) is 127 Å². The SMILES string of the molecule is O=C(CNC(=O)c1ccccn1)N/N=C\c1ccc([N+](=O)[O-])s1. The number of hydrazone groups is 1. The zero-order valence-electron chi connectivity index (χ0n) is 11.6. The molecule has 2 amide bonds. The minimum atomic E-state index is -0.531. The lowest BCUT2D eigenvalue weighted by atomic mass is 10.3. The van der Waals surface area contributed by atoms with Crippen molar-refractivity contribution in [2.45, 2.75) is 0 Å². The maximum Gasteiger partial charge on any atom is 0.324 e. The number of pyridine rings is 1.